The van der Waals surface area contributed by atoms with Gasteiger partial charge in [-0.2, -0.15) is 0 Å². The summed E-state index contributed by atoms with van der Waals surface area (Å²) in [5.41, 5.74) is 0. The van der Waals surface area contributed by atoms with Crippen LogP contribution in [0.4, 0.5) is 0 Å². The molecule has 0 aliphatic heterocycles. The van der Waals surface area contributed by atoms with Gasteiger partial charge in [0.15, 0.2) is 0 Å². The maximum Gasteiger partial charge on any atom is 0.326 e. The monoisotopic (exact) mass is 177 g/mol. The van der Waals surface area contributed by atoms with Crippen LogP contribution < -0.4 is 11.5 Å². The molecule has 0 aromatic heterocycles. The molecule has 0 spiro atoms. The smallest absolute Gasteiger partial charge is 0.326 e. The number of nitrogens with one attached hydrogen (secondary N) is 1. The summed E-state index contributed by atoms with van der Waals surface area (Å²) in [6, 6.07) is -0.725. The first-order chi connectivity index (χ1) is 5.07. The number of quaternary nitrogens is 1. The third-order valence-electron chi connectivity index (χ3n) is 1.25. The Labute approximate surface area is 71.7 Å². The number of rotatable bonds is 4. The first-order valence-electron chi connectivity index (χ1n) is 3.57. The fourth-order valence-corrected chi connectivity index (χ4v) is 0.791. The van der Waals surface area contributed by atoms with E-state index in [9.17, 15) is 9.59 Å². The Bertz CT molecular complexity index is 159. The van der Waals surface area contributed by atoms with E-state index >= 15 is 0 Å². The first kappa shape index (κ1) is 13.5. The Morgan fingerprint density at radius 3 is 2.25 bits per heavy atom. The summed E-state index contributed by atoms with van der Waals surface area (Å²) >= 11 is 0. The van der Waals surface area contributed by atoms with Crippen LogP contribution in [0.15, 0.2) is 0 Å². The summed E-state index contributed by atoms with van der Waals surface area (Å²) in [5, 5.41) is 10.9. The Hall–Kier alpha value is -1.10. The molecule has 0 unspecified atom stereocenters. The topological polar surface area (TPSA) is 103 Å². The van der Waals surface area contributed by atoms with Gasteiger partial charge >= 0.3 is 5.97 Å². The second-order valence-corrected chi connectivity index (χ2v) is 2.38. The predicted octanol–water partition coefficient (Wildman–Crippen LogP) is 0.752. The van der Waals surface area contributed by atoms with Gasteiger partial charge < -0.3 is 16.6 Å². The zero-order valence-corrected chi connectivity index (χ0v) is 7.76. The van der Waals surface area contributed by atoms with E-state index in [1.54, 1.807) is 0 Å². The largest absolute Gasteiger partial charge is 0.480 e. The summed E-state index contributed by atoms with van der Waals surface area (Å²) in [4.78, 5) is 20.9. The van der Waals surface area contributed by atoms with E-state index in [0.717, 1.165) is 6.42 Å². The molecule has 5 nitrogen and oxygen atoms in total. The maximum absolute atomic E-state index is 10.5. The summed E-state index contributed by atoms with van der Waals surface area (Å²) < 4.78 is 0. The van der Waals surface area contributed by atoms with Crippen LogP contribution in [0.5, 0.6) is 0 Å². The number of carboxylic acids is 1. The van der Waals surface area contributed by atoms with Gasteiger partial charge in [-0.1, -0.05) is 13.3 Å². The van der Waals surface area contributed by atoms with Crippen molar-refractivity contribution in [3.63, 3.8) is 0 Å². The molecule has 1 atom stereocenters. The zero-order valence-electron chi connectivity index (χ0n) is 7.76. The molecule has 0 aliphatic rings. The minimum Gasteiger partial charge on any atom is -0.480 e. The molecule has 0 radical (unpaired) electrons. The van der Waals surface area contributed by atoms with Crippen molar-refractivity contribution in [2.75, 3.05) is 0 Å². The Balaban J connectivity index is 0. The van der Waals surface area contributed by atoms with Gasteiger partial charge in [-0.3, -0.25) is 4.79 Å². The van der Waals surface area contributed by atoms with E-state index < -0.39 is 12.0 Å². The number of carbonyl (C=O) groups excluding carboxylic acids is 1. The van der Waals surface area contributed by atoms with Gasteiger partial charge in [0.1, 0.15) is 6.04 Å². The number of hydrogen-bond donors (Lipinski definition) is 3. The van der Waals surface area contributed by atoms with Gasteiger partial charge in [-0.05, 0) is 6.42 Å². The Kier molecular flexibility index (Phi) is 7.42. The quantitative estimate of drug-likeness (QED) is 0.590. The summed E-state index contributed by atoms with van der Waals surface area (Å²) in [6.07, 6.45) is 1.23. The highest BCUT2D eigenvalue weighted by Gasteiger charge is 2.15. The zero-order chi connectivity index (χ0) is 8.85. The Morgan fingerprint density at radius 2 is 2.00 bits per heavy atom. The van der Waals surface area contributed by atoms with Crippen LogP contribution in [-0.4, -0.2) is 23.0 Å². The number of aliphatic carboxylic acids is 1. The van der Waals surface area contributed by atoms with Crippen LogP contribution in [0.2, 0.25) is 0 Å². The third kappa shape index (κ3) is 5.67. The molecule has 0 bridgehead atoms. The molecule has 1 amide bonds. The highest BCUT2D eigenvalue weighted by molar-refractivity contribution is 5.81. The summed E-state index contributed by atoms with van der Waals surface area (Å²) in [6.45, 7) is 3.18. The molecule has 72 valence electrons. The van der Waals surface area contributed by atoms with Gasteiger partial charge in [-0.15, -0.1) is 0 Å². The lowest BCUT2D eigenvalue weighted by Crippen LogP contribution is -2.39. The molecule has 0 rings (SSSR count). The van der Waals surface area contributed by atoms with E-state index in [2.05, 4.69) is 5.32 Å². The summed E-state index contributed by atoms with van der Waals surface area (Å²) in [7, 11) is 0. The molecule has 0 fully saturated rings. The minimum absolute atomic E-state index is 0. The fraction of sp³-hybridized carbons (Fsp3) is 0.714. The van der Waals surface area contributed by atoms with Gasteiger partial charge in [0.2, 0.25) is 5.91 Å². The van der Waals surface area contributed by atoms with E-state index in [0.29, 0.717) is 6.42 Å². The number of carbonyl (C=O) groups is 2. The lowest BCUT2D eigenvalue weighted by molar-refractivity contribution is -0.141. The number of hydrogen-bond acceptors (Lipinski definition) is 2. The Morgan fingerprint density at radius 1 is 1.50 bits per heavy atom. The molecule has 0 aromatic rings. The maximum atomic E-state index is 10.5. The second kappa shape index (κ2) is 6.60. The lowest BCUT2D eigenvalue weighted by Gasteiger charge is -2.10. The molecule has 5 heteroatoms. The van der Waals surface area contributed by atoms with Crippen molar-refractivity contribution < 1.29 is 14.7 Å². The summed E-state index contributed by atoms with van der Waals surface area (Å²) in [5.74, 6) is -1.27. The molecule has 0 aliphatic carbocycles. The molecule has 0 heterocycles. The average Bonchev–Trinajstić information content (AvgIpc) is 1.86. The third-order valence-corrected chi connectivity index (χ3v) is 1.25. The van der Waals surface area contributed by atoms with Crippen molar-refractivity contribution in [1.29, 1.82) is 0 Å². The highest BCUT2D eigenvalue weighted by Crippen LogP contribution is 1.95. The number of carboxylic acid groups (broad SMARTS) is 1. The number of amides is 1. The van der Waals surface area contributed by atoms with E-state index in [1.165, 1.54) is 6.92 Å². The van der Waals surface area contributed by atoms with Crippen LogP contribution in [0.1, 0.15) is 26.7 Å². The molecular weight excluding hydrogens is 160 g/mol. The van der Waals surface area contributed by atoms with E-state index in [4.69, 9.17) is 5.11 Å². The van der Waals surface area contributed by atoms with Gasteiger partial charge in [0, 0.05) is 6.92 Å². The lowest BCUT2D eigenvalue weighted by atomic mass is 10.2. The fourth-order valence-electron chi connectivity index (χ4n) is 0.791. The van der Waals surface area contributed by atoms with Crippen molar-refractivity contribution in [3.8, 4) is 0 Å². The molecule has 0 saturated heterocycles. The SMILES string of the molecule is CCC[C@H](NC(C)=O)C(=O)O.[NH4+]. The van der Waals surface area contributed by atoms with Crippen LogP contribution in [0, 0.1) is 0 Å². The van der Waals surface area contributed by atoms with Crippen molar-refractivity contribution in [2.24, 2.45) is 0 Å². The van der Waals surface area contributed by atoms with Crippen molar-refractivity contribution in [3.05, 3.63) is 0 Å². The predicted molar refractivity (Wildman–Crippen MR) is 46.1 cm³/mol. The van der Waals surface area contributed by atoms with Gasteiger partial charge in [0.25, 0.3) is 0 Å². The van der Waals surface area contributed by atoms with Gasteiger partial charge in [0.05, 0.1) is 0 Å². The molecule has 6 N–H and O–H groups in total. The van der Waals surface area contributed by atoms with Crippen LogP contribution >= 0.6 is 0 Å². The molecule has 12 heavy (non-hydrogen) atoms. The average molecular weight is 177 g/mol. The second-order valence-electron chi connectivity index (χ2n) is 2.38. The molecule has 0 saturated carbocycles. The van der Waals surface area contributed by atoms with Crippen LogP contribution in [0.25, 0.3) is 0 Å². The molecule has 0 aromatic carbocycles. The van der Waals surface area contributed by atoms with Crippen LogP contribution in [-0.2, 0) is 9.59 Å². The van der Waals surface area contributed by atoms with Crippen molar-refractivity contribution in [2.45, 2.75) is 32.7 Å². The highest BCUT2D eigenvalue weighted by atomic mass is 16.4. The van der Waals surface area contributed by atoms with Crippen molar-refractivity contribution >= 4 is 11.9 Å². The van der Waals surface area contributed by atoms with Crippen molar-refractivity contribution in [1.82, 2.24) is 11.5 Å². The minimum atomic E-state index is -0.970. The first-order valence-corrected chi connectivity index (χ1v) is 3.57. The standard InChI is InChI=1S/C7H13NO3.H3N/c1-3-4-6(7(10)11)8-5(2)9;/h6H,3-4H2,1-2H3,(H,8,9)(H,10,11);1H3/p+1/t6-;/m0./s1. The molecular formula is C7H17N2O3+. The normalized spacial score (nSPS) is 11.2. The van der Waals surface area contributed by atoms with E-state index in [1.807, 2.05) is 6.92 Å². The van der Waals surface area contributed by atoms with Crippen LogP contribution in [0.3, 0.4) is 0 Å². The van der Waals surface area contributed by atoms with Gasteiger partial charge in [-0.25, -0.2) is 4.79 Å². The van der Waals surface area contributed by atoms with E-state index in [-0.39, 0.29) is 12.1 Å².